The van der Waals surface area contributed by atoms with E-state index in [0.29, 0.717) is 12.1 Å². The molecule has 18 heavy (non-hydrogen) atoms. The molecule has 0 aromatic carbocycles. The molecule has 2 nitrogen and oxygen atoms in total. The topological polar surface area (TPSA) is 15.3 Å². The number of hydrogen-bond acceptors (Lipinski definition) is 3. The summed E-state index contributed by atoms with van der Waals surface area (Å²) in [4.78, 5) is 2.41. The zero-order valence-corrected chi connectivity index (χ0v) is 13.4. The van der Waals surface area contributed by atoms with Crippen LogP contribution in [-0.4, -0.2) is 30.6 Å². The van der Waals surface area contributed by atoms with Crippen molar-refractivity contribution in [1.29, 1.82) is 0 Å². The summed E-state index contributed by atoms with van der Waals surface area (Å²) in [5.41, 5.74) is 1.12. The average Bonchev–Trinajstić information content (AvgIpc) is 2.63. The number of rotatable bonds is 3. The van der Waals surface area contributed by atoms with E-state index in [1.54, 1.807) is 0 Å². The fraction of sp³-hybridized carbons (Fsp3) is 0.692. The Morgan fingerprint density at radius 1 is 1.50 bits per heavy atom. The van der Waals surface area contributed by atoms with E-state index in [1.165, 1.54) is 24.2 Å². The molecule has 2 heterocycles. The van der Waals surface area contributed by atoms with E-state index in [0.717, 1.165) is 20.8 Å². The van der Waals surface area contributed by atoms with Crippen LogP contribution < -0.4 is 5.32 Å². The molecular weight excluding hydrogens is 287 g/mol. The molecule has 2 rings (SSSR count). The number of piperidine rings is 1. The molecule has 1 aromatic heterocycles. The first-order valence-corrected chi connectivity index (χ1v) is 7.95. The number of halogens is 2. The molecular formula is C13H20Cl2N2S. The third kappa shape index (κ3) is 3.40. The highest BCUT2D eigenvalue weighted by Crippen LogP contribution is 2.35. The molecule has 0 aliphatic carbocycles. The van der Waals surface area contributed by atoms with Gasteiger partial charge in [-0.25, -0.2) is 0 Å². The molecule has 1 fully saturated rings. The summed E-state index contributed by atoms with van der Waals surface area (Å²) in [5, 5.41) is 3.68. The van der Waals surface area contributed by atoms with E-state index in [9.17, 15) is 0 Å². The highest BCUT2D eigenvalue weighted by Gasteiger charge is 2.24. The molecule has 0 bridgehead atoms. The first-order chi connectivity index (χ1) is 8.47. The number of nitrogens with zero attached hydrogens (tertiary/aromatic N) is 1. The minimum absolute atomic E-state index is 0.266. The summed E-state index contributed by atoms with van der Waals surface area (Å²) in [6.45, 7) is 5.60. The average molecular weight is 307 g/mol. The second kappa shape index (κ2) is 6.10. The van der Waals surface area contributed by atoms with Gasteiger partial charge in [-0.1, -0.05) is 23.2 Å². The molecule has 1 aromatic rings. The van der Waals surface area contributed by atoms with E-state index in [4.69, 9.17) is 23.2 Å². The van der Waals surface area contributed by atoms with E-state index in [1.807, 2.05) is 6.07 Å². The van der Waals surface area contributed by atoms with Crippen LogP contribution in [-0.2, 0) is 0 Å². The zero-order valence-electron chi connectivity index (χ0n) is 11.0. The molecule has 0 saturated carbocycles. The van der Waals surface area contributed by atoms with E-state index in [-0.39, 0.29) is 6.04 Å². The summed E-state index contributed by atoms with van der Waals surface area (Å²) in [5.74, 6) is 0. The Kier molecular flexibility index (Phi) is 4.95. The molecule has 1 aliphatic heterocycles. The van der Waals surface area contributed by atoms with Gasteiger partial charge in [0.15, 0.2) is 0 Å². The van der Waals surface area contributed by atoms with Crippen molar-refractivity contribution in [3.63, 3.8) is 0 Å². The van der Waals surface area contributed by atoms with Crippen molar-refractivity contribution in [2.75, 3.05) is 13.6 Å². The van der Waals surface area contributed by atoms with Gasteiger partial charge >= 0.3 is 0 Å². The van der Waals surface area contributed by atoms with Gasteiger partial charge in [0.05, 0.1) is 8.67 Å². The molecule has 1 N–H and O–H groups in total. The van der Waals surface area contributed by atoms with Gasteiger partial charge in [-0.3, -0.25) is 0 Å². The Bertz CT molecular complexity index is 408. The highest BCUT2D eigenvalue weighted by molar-refractivity contribution is 7.20. The van der Waals surface area contributed by atoms with Crippen LogP contribution in [0.5, 0.6) is 0 Å². The second-order valence-corrected chi connectivity index (χ2v) is 7.50. The minimum Gasteiger partial charge on any atom is -0.307 e. The van der Waals surface area contributed by atoms with Crippen molar-refractivity contribution in [2.24, 2.45) is 0 Å². The van der Waals surface area contributed by atoms with Crippen LogP contribution in [0.3, 0.4) is 0 Å². The van der Waals surface area contributed by atoms with Crippen LogP contribution in [0.2, 0.25) is 8.67 Å². The summed E-state index contributed by atoms with van der Waals surface area (Å²) in [7, 11) is 2.19. The number of likely N-dealkylation sites (tertiary alicyclic amines) is 1. The Morgan fingerprint density at radius 3 is 2.78 bits per heavy atom. The lowest BCUT2D eigenvalue weighted by molar-refractivity contribution is 0.163. The van der Waals surface area contributed by atoms with Crippen molar-refractivity contribution in [2.45, 2.75) is 44.8 Å². The first-order valence-electron chi connectivity index (χ1n) is 6.38. The third-order valence-electron chi connectivity index (χ3n) is 3.84. The normalized spacial score (nSPS) is 27.4. The summed E-state index contributed by atoms with van der Waals surface area (Å²) in [6, 6.07) is 3.46. The molecule has 3 unspecified atom stereocenters. The van der Waals surface area contributed by atoms with Crippen LogP contribution in [0.25, 0.3) is 0 Å². The van der Waals surface area contributed by atoms with Gasteiger partial charge in [0.25, 0.3) is 0 Å². The van der Waals surface area contributed by atoms with Crippen molar-refractivity contribution >= 4 is 34.5 Å². The Morgan fingerprint density at radius 2 is 2.22 bits per heavy atom. The van der Waals surface area contributed by atoms with Gasteiger partial charge in [0.1, 0.15) is 0 Å². The SMILES string of the molecule is CC(NC1CCN(C)C(C)C1)c1cc(Cl)sc1Cl. The minimum atomic E-state index is 0.266. The summed E-state index contributed by atoms with van der Waals surface area (Å²) >= 11 is 13.6. The van der Waals surface area contributed by atoms with Crippen LogP contribution >= 0.6 is 34.5 Å². The van der Waals surface area contributed by atoms with Gasteiger partial charge in [-0.05, 0) is 51.9 Å². The largest absolute Gasteiger partial charge is 0.307 e. The molecule has 0 radical (unpaired) electrons. The second-order valence-electron chi connectivity index (χ2n) is 5.22. The zero-order chi connectivity index (χ0) is 13.3. The van der Waals surface area contributed by atoms with Gasteiger partial charge in [-0.2, -0.15) is 0 Å². The molecule has 5 heteroatoms. The van der Waals surface area contributed by atoms with E-state index in [2.05, 4.69) is 31.1 Å². The number of thiophene rings is 1. The third-order valence-corrected chi connectivity index (χ3v) is 5.36. The lowest BCUT2D eigenvalue weighted by atomic mass is 9.97. The van der Waals surface area contributed by atoms with Gasteiger partial charge < -0.3 is 10.2 Å². The van der Waals surface area contributed by atoms with Gasteiger partial charge in [-0.15, -0.1) is 11.3 Å². The predicted molar refractivity (Wildman–Crippen MR) is 81.0 cm³/mol. The maximum absolute atomic E-state index is 6.20. The Balaban J connectivity index is 1.95. The molecule has 102 valence electrons. The first kappa shape index (κ1) is 14.6. The number of nitrogens with one attached hydrogen (secondary N) is 1. The fourth-order valence-electron chi connectivity index (χ4n) is 2.53. The van der Waals surface area contributed by atoms with Crippen LogP contribution in [0.15, 0.2) is 6.07 Å². The maximum Gasteiger partial charge on any atom is 0.0991 e. The molecule has 0 spiro atoms. The maximum atomic E-state index is 6.20. The molecule has 0 amide bonds. The smallest absolute Gasteiger partial charge is 0.0991 e. The monoisotopic (exact) mass is 306 g/mol. The molecule has 1 aliphatic rings. The lowest BCUT2D eigenvalue weighted by Gasteiger charge is -2.36. The highest BCUT2D eigenvalue weighted by atomic mass is 35.5. The molecule has 1 saturated heterocycles. The van der Waals surface area contributed by atoms with Crippen LogP contribution in [0, 0.1) is 0 Å². The van der Waals surface area contributed by atoms with E-state index >= 15 is 0 Å². The Hall–Kier alpha value is 0.200. The fourth-order valence-corrected chi connectivity index (χ4v) is 4.18. The van der Waals surface area contributed by atoms with E-state index < -0.39 is 0 Å². The quantitative estimate of drug-likeness (QED) is 0.901. The van der Waals surface area contributed by atoms with Crippen LogP contribution in [0.4, 0.5) is 0 Å². The summed E-state index contributed by atoms with van der Waals surface area (Å²) in [6.07, 6.45) is 2.39. The van der Waals surface area contributed by atoms with Crippen molar-refractivity contribution in [3.8, 4) is 0 Å². The predicted octanol–water partition coefficient (Wildman–Crippen LogP) is 4.19. The standard InChI is InChI=1S/C13H20Cl2N2S/c1-8-6-10(4-5-17(8)3)16-9(2)11-7-12(14)18-13(11)15/h7-10,16H,4-6H2,1-3H3. The van der Waals surface area contributed by atoms with Crippen molar-refractivity contribution < 1.29 is 0 Å². The lowest BCUT2D eigenvalue weighted by Crippen LogP contribution is -2.46. The number of hydrogen-bond donors (Lipinski definition) is 1. The summed E-state index contributed by atoms with van der Waals surface area (Å²) < 4.78 is 1.57. The van der Waals surface area contributed by atoms with Crippen molar-refractivity contribution in [1.82, 2.24) is 10.2 Å². The Labute approximate surface area is 123 Å². The van der Waals surface area contributed by atoms with Crippen LogP contribution in [0.1, 0.15) is 38.3 Å². The van der Waals surface area contributed by atoms with Gasteiger partial charge in [0.2, 0.25) is 0 Å². The molecule has 3 atom stereocenters. The van der Waals surface area contributed by atoms with Crippen molar-refractivity contribution in [3.05, 3.63) is 20.3 Å². The van der Waals surface area contributed by atoms with Gasteiger partial charge in [0, 0.05) is 18.1 Å².